The van der Waals surface area contributed by atoms with E-state index in [-0.39, 0.29) is 11.8 Å². The zero-order valence-corrected chi connectivity index (χ0v) is 19.1. The molecule has 0 saturated carbocycles. The fourth-order valence-corrected chi connectivity index (χ4v) is 5.24. The summed E-state index contributed by atoms with van der Waals surface area (Å²) in [5.41, 5.74) is 3.96. The van der Waals surface area contributed by atoms with Crippen molar-refractivity contribution in [2.75, 3.05) is 5.32 Å². The molecule has 0 fully saturated rings. The first kappa shape index (κ1) is 19.8. The number of nitrogens with zero attached hydrogens (tertiary/aromatic N) is 3. The second kappa shape index (κ2) is 8.21. The van der Waals surface area contributed by atoms with Gasteiger partial charge in [-0.3, -0.25) is 4.79 Å². The number of aromatic nitrogens is 3. The molecule has 0 amide bonds. The number of ketones is 1. The summed E-state index contributed by atoms with van der Waals surface area (Å²) >= 11 is 11.1. The SMILES string of the molecule is O=C1CCCC2=C1C(c1cccc(Br)c1)n1nc(SCc3ccc(Cl)cc3)nc1N2. The summed E-state index contributed by atoms with van der Waals surface area (Å²) in [7, 11) is 0. The number of thioether (sulfide) groups is 1. The third kappa shape index (κ3) is 3.82. The molecule has 5 rings (SSSR count). The molecule has 1 unspecified atom stereocenters. The minimum Gasteiger partial charge on any atom is -0.328 e. The van der Waals surface area contributed by atoms with Crippen LogP contribution in [0.2, 0.25) is 5.02 Å². The van der Waals surface area contributed by atoms with Crippen LogP contribution in [-0.4, -0.2) is 20.5 Å². The summed E-state index contributed by atoms with van der Waals surface area (Å²) < 4.78 is 2.83. The molecule has 2 heterocycles. The number of Topliss-reactive ketones (excluding diaryl/α,β-unsaturated/α-hetero) is 1. The van der Waals surface area contributed by atoms with Crippen molar-refractivity contribution in [2.45, 2.75) is 36.2 Å². The number of benzene rings is 2. The van der Waals surface area contributed by atoms with E-state index in [4.69, 9.17) is 21.7 Å². The monoisotopic (exact) mass is 500 g/mol. The zero-order chi connectivity index (χ0) is 20.7. The zero-order valence-electron chi connectivity index (χ0n) is 15.9. The lowest BCUT2D eigenvalue weighted by molar-refractivity contribution is -0.116. The summed E-state index contributed by atoms with van der Waals surface area (Å²) in [4.78, 5) is 17.6. The molecule has 2 aliphatic rings. The predicted molar refractivity (Wildman–Crippen MR) is 123 cm³/mol. The van der Waals surface area contributed by atoms with Crippen LogP contribution < -0.4 is 5.32 Å². The Morgan fingerprint density at radius 3 is 2.83 bits per heavy atom. The lowest BCUT2D eigenvalue weighted by atomic mass is 9.85. The Balaban J connectivity index is 1.50. The van der Waals surface area contributed by atoms with Gasteiger partial charge in [-0.1, -0.05) is 63.6 Å². The Labute approximate surface area is 192 Å². The number of fused-ring (bicyclic) bond motifs is 1. The van der Waals surface area contributed by atoms with Crippen LogP contribution in [0, 0.1) is 0 Å². The molecular weight excluding hydrogens is 484 g/mol. The van der Waals surface area contributed by atoms with Gasteiger partial charge in [0.1, 0.15) is 6.04 Å². The Morgan fingerprint density at radius 2 is 2.03 bits per heavy atom. The van der Waals surface area contributed by atoms with E-state index in [1.807, 2.05) is 47.1 Å². The first-order valence-electron chi connectivity index (χ1n) is 9.71. The average Bonchev–Trinajstić information content (AvgIpc) is 3.14. The normalized spacial score (nSPS) is 18.1. The molecular formula is C22H18BrClN4OS. The lowest BCUT2D eigenvalue weighted by Crippen LogP contribution is -2.31. The Morgan fingerprint density at radius 1 is 1.20 bits per heavy atom. The Kier molecular flexibility index (Phi) is 5.43. The number of carbonyl (C=O) groups excluding carboxylic acids is 1. The molecule has 1 aliphatic carbocycles. The van der Waals surface area contributed by atoms with E-state index in [9.17, 15) is 4.79 Å². The minimum atomic E-state index is -0.265. The largest absolute Gasteiger partial charge is 0.328 e. The quantitative estimate of drug-likeness (QED) is 0.444. The van der Waals surface area contributed by atoms with Crippen molar-refractivity contribution >= 4 is 51.0 Å². The van der Waals surface area contributed by atoms with Gasteiger partial charge in [0.2, 0.25) is 11.1 Å². The molecule has 0 spiro atoms. The van der Waals surface area contributed by atoms with E-state index in [0.717, 1.165) is 50.5 Å². The van der Waals surface area contributed by atoms with Crippen molar-refractivity contribution in [3.05, 3.63) is 80.4 Å². The van der Waals surface area contributed by atoms with Crippen molar-refractivity contribution in [3.63, 3.8) is 0 Å². The molecule has 1 N–H and O–H groups in total. The molecule has 3 aromatic rings. The van der Waals surface area contributed by atoms with Crippen molar-refractivity contribution in [3.8, 4) is 0 Å². The number of halogens is 2. The molecule has 0 saturated heterocycles. The highest BCUT2D eigenvalue weighted by molar-refractivity contribution is 9.10. The predicted octanol–water partition coefficient (Wildman–Crippen LogP) is 6.01. The molecule has 0 bridgehead atoms. The maximum atomic E-state index is 12.9. The topological polar surface area (TPSA) is 59.8 Å². The molecule has 30 heavy (non-hydrogen) atoms. The van der Waals surface area contributed by atoms with Crippen LogP contribution in [0.3, 0.4) is 0 Å². The number of carbonyl (C=O) groups is 1. The second-order valence-electron chi connectivity index (χ2n) is 7.33. The third-order valence-corrected chi connectivity index (χ3v) is 6.95. The van der Waals surface area contributed by atoms with Crippen LogP contribution >= 0.6 is 39.3 Å². The van der Waals surface area contributed by atoms with Crippen LogP contribution in [-0.2, 0) is 10.5 Å². The number of hydrogen-bond donors (Lipinski definition) is 1. The fraction of sp³-hybridized carbons (Fsp3) is 0.227. The van der Waals surface area contributed by atoms with Gasteiger partial charge < -0.3 is 5.32 Å². The summed E-state index contributed by atoms with van der Waals surface area (Å²) in [6.07, 6.45) is 2.29. The highest BCUT2D eigenvalue weighted by atomic mass is 79.9. The summed E-state index contributed by atoms with van der Waals surface area (Å²) in [5, 5.41) is 9.55. The molecule has 8 heteroatoms. The van der Waals surface area contributed by atoms with E-state index < -0.39 is 0 Å². The van der Waals surface area contributed by atoms with E-state index in [1.165, 1.54) is 0 Å². The van der Waals surface area contributed by atoms with Gasteiger partial charge in [-0.15, -0.1) is 5.10 Å². The fourth-order valence-electron chi connectivity index (χ4n) is 3.91. The number of allylic oxidation sites excluding steroid dienone is 2. The van der Waals surface area contributed by atoms with Crippen molar-refractivity contribution in [2.24, 2.45) is 0 Å². The summed E-state index contributed by atoms with van der Waals surface area (Å²) in [5.74, 6) is 1.62. The smallest absolute Gasteiger partial charge is 0.227 e. The molecule has 5 nitrogen and oxygen atoms in total. The Hall–Kier alpha value is -2.09. The van der Waals surface area contributed by atoms with Gasteiger partial charge >= 0.3 is 0 Å². The second-order valence-corrected chi connectivity index (χ2v) is 9.62. The highest BCUT2D eigenvalue weighted by Crippen LogP contribution is 2.41. The van der Waals surface area contributed by atoms with E-state index >= 15 is 0 Å². The third-order valence-electron chi connectivity index (χ3n) is 5.29. The van der Waals surface area contributed by atoms with E-state index in [2.05, 4.69) is 27.3 Å². The lowest BCUT2D eigenvalue weighted by Gasteiger charge is -2.32. The number of anilines is 1. The first-order valence-corrected chi connectivity index (χ1v) is 11.9. The van der Waals surface area contributed by atoms with Gasteiger partial charge in [0.15, 0.2) is 5.78 Å². The average molecular weight is 502 g/mol. The highest BCUT2D eigenvalue weighted by Gasteiger charge is 2.36. The van der Waals surface area contributed by atoms with Crippen molar-refractivity contribution < 1.29 is 4.79 Å². The van der Waals surface area contributed by atoms with Crippen LogP contribution in [0.1, 0.15) is 36.4 Å². The molecule has 2 aromatic carbocycles. The standard InChI is InChI=1S/C22H18BrClN4OS/c23-15-4-1-3-14(11-15)20-19-17(5-2-6-18(19)29)25-21-26-22(27-28(20)21)30-12-13-7-9-16(24)10-8-13/h1,3-4,7-11,20H,2,5-6,12H2,(H,25,26,27). The van der Waals surface area contributed by atoms with Crippen molar-refractivity contribution in [1.29, 1.82) is 0 Å². The van der Waals surface area contributed by atoms with Gasteiger partial charge in [-0.05, 0) is 48.2 Å². The van der Waals surface area contributed by atoms with Crippen LogP contribution in [0.15, 0.2) is 69.4 Å². The maximum absolute atomic E-state index is 12.9. The van der Waals surface area contributed by atoms with Gasteiger partial charge in [0.25, 0.3) is 0 Å². The van der Waals surface area contributed by atoms with Gasteiger partial charge in [-0.25, -0.2) is 4.68 Å². The first-order chi connectivity index (χ1) is 14.6. The molecule has 1 aromatic heterocycles. The van der Waals surface area contributed by atoms with Crippen LogP contribution in [0.4, 0.5) is 5.95 Å². The van der Waals surface area contributed by atoms with Gasteiger partial charge in [-0.2, -0.15) is 4.98 Å². The van der Waals surface area contributed by atoms with E-state index in [1.54, 1.807) is 11.8 Å². The number of hydrogen-bond acceptors (Lipinski definition) is 5. The maximum Gasteiger partial charge on any atom is 0.227 e. The minimum absolute atomic E-state index is 0.185. The number of nitrogens with one attached hydrogen (secondary N) is 1. The van der Waals surface area contributed by atoms with Crippen molar-refractivity contribution in [1.82, 2.24) is 14.8 Å². The molecule has 1 atom stereocenters. The summed E-state index contributed by atoms with van der Waals surface area (Å²) in [6, 6.07) is 15.6. The van der Waals surface area contributed by atoms with Crippen LogP contribution in [0.25, 0.3) is 0 Å². The molecule has 1 aliphatic heterocycles. The molecule has 152 valence electrons. The molecule has 0 radical (unpaired) electrons. The summed E-state index contributed by atoms with van der Waals surface area (Å²) in [6.45, 7) is 0. The van der Waals surface area contributed by atoms with E-state index in [0.29, 0.717) is 17.5 Å². The van der Waals surface area contributed by atoms with Gasteiger partial charge in [0, 0.05) is 32.9 Å². The van der Waals surface area contributed by atoms with Gasteiger partial charge in [0.05, 0.1) is 0 Å². The number of rotatable bonds is 4. The van der Waals surface area contributed by atoms with Crippen LogP contribution in [0.5, 0.6) is 0 Å². The Bertz CT molecular complexity index is 1160.